The number of rotatable bonds is 29. The lowest BCUT2D eigenvalue weighted by Gasteiger charge is -2.20. The number of hydrogen-bond acceptors (Lipinski definition) is 10. The van der Waals surface area contributed by atoms with Crippen LogP contribution in [0.1, 0.15) is 115 Å². The van der Waals surface area contributed by atoms with E-state index in [0.29, 0.717) is 43.8 Å². The summed E-state index contributed by atoms with van der Waals surface area (Å²) in [7, 11) is 1.29. The van der Waals surface area contributed by atoms with Crippen molar-refractivity contribution in [2.45, 2.75) is 128 Å². The van der Waals surface area contributed by atoms with E-state index in [0.717, 1.165) is 56.1 Å². The first-order valence-electron chi connectivity index (χ1n) is 19.4. The summed E-state index contributed by atoms with van der Waals surface area (Å²) in [6.45, 7) is 4.22. The molecule has 0 spiro atoms. The molecule has 1 amide bonds. The maximum Gasteiger partial charge on any atom is 0.336 e. The summed E-state index contributed by atoms with van der Waals surface area (Å²) in [4.78, 5) is 57.3. The van der Waals surface area contributed by atoms with Crippen molar-refractivity contribution in [3.8, 4) is 17.6 Å². The number of carbonyl (C=O) groups excluding carboxylic acids is 4. The highest BCUT2D eigenvalue weighted by atomic mass is 16.7. The quantitative estimate of drug-likeness (QED) is 0.0193. The lowest BCUT2D eigenvalue weighted by Crippen LogP contribution is -2.40. The second-order valence-corrected chi connectivity index (χ2v) is 13.2. The van der Waals surface area contributed by atoms with Crippen molar-refractivity contribution in [1.82, 2.24) is 5.32 Å². The zero-order chi connectivity index (χ0) is 41.3. The standard InChI is InChI=1S/C29H44O7.C15H17NO4/c1-2-3-4-8-14-19-26(30)20-15-9-6-5-7-10-16-21-29(34,28(32)33)22-27(31)36-24-35-23-25-17-12-11-13-18-25;1-3-4-9-20-13-7-5-12(6-8-13)10-14(16-11-17)15(18)19-2/h10-13,16-18,34H,2-9,14-15,19-24H2,1H3,(H,32,33);5-8,11,14H,9-10H2,1-2H3,(H,16,17)/b16-10+;/t29-;/m1./s1. The molecule has 0 bridgehead atoms. The number of unbranched alkanes of at least 4 members (excludes halogenated alkanes) is 8. The number of esters is 2. The Morgan fingerprint density at radius 2 is 1.54 bits per heavy atom. The maximum absolute atomic E-state index is 12.0. The van der Waals surface area contributed by atoms with Gasteiger partial charge in [0.25, 0.3) is 0 Å². The van der Waals surface area contributed by atoms with E-state index in [2.05, 4.69) is 28.8 Å². The molecule has 0 aromatic heterocycles. The number of methoxy groups -OCH3 is 1. The average molecular weight is 780 g/mol. The zero-order valence-electron chi connectivity index (χ0n) is 33.3. The Bertz CT molecular complexity index is 1500. The highest BCUT2D eigenvalue weighted by Gasteiger charge is 2.38. The second kappa shape index (κ2) is 31.2. The van der Waals surface area contributed by atoms with Gasteiger partial charge >= 0.3 is 17.9 Å². The predicted octanol–water partition coefficient (Wildman–Crippen LogP) is 7.05. The van der Waals surface area contributed by atoms with Gasteiger partial charge in [-0.05, 0) is 55.9 Å². The molecule has 308 valence electrons. The molecule has 12 heteroatoms. The maximum atomic E-state index is 12.0. The van der Waals surface area contributed by atoms with Crippen molar-refractivity contribution >= 4 is 30.1 Å². The minimum Gasteiger partial charge on any atom is -0.481 e. The fraction of sp³-hybridized carbons (Fsp3) is 0.523. The van der Waals surface area contributed by atoms with Gasteiger partial charge in [-0.3, -0.25) is 14.4 Å². The summed E-state index contributed by atoms with van der Waals surface area (Å²) < 4.78 is 20.2. The third kappa shape index (κ3) is 23.7. The Kier molecular flexibility index (Phi) is 27.4. The van der Waals surface area contributed by atoms with Crippen molar-refractivity contribution in [3.05, 3.63) is 77.9 Å². The third-order valence-electron chi connectivity index (χ3n) is 8.61. The first-order valence-corrected chi connectivity index (χ1v) is 19.4. The molecule has 0 aliphatic heterocycles. The molecule has 0 radical (unpaired) electrons. The van der Waals surface area contributed by atoms with Gasteiger partial charge in [-0.1, -0.05) is 106 Å². The molecule has 2 aromatic rings. The summed E-state index contributed by atoms with van der Waals surface area (Å²) in [6.07, 6.45) is 15.2. The van der Waals surface area contributed by atoms with Crippen LogP contribution in [0.3, 0.4) is 0 Å². The molecule has 0 saturated carbocycles. The molecule has 2 rings (SSSR count). The lowest BCUT2D eigenvalue weighted by atomic mass is 9.95. The predicted molar refractivity (Wildman–Crippen MR) is 213 cm³/mol. The summed E-state index contributed by atoms with van der Waals surface area (Å²) in [6, 6.07) is 15.9. The Morgan fingerprint density at radius 1 is 0.875 bits per heavy atom. The van der Waals surface area contributed by atoms with E-state index in [1.54, 1.807) is 25.1 Å². The van der Waals surface area contributed by atoms with Crippen molar-refractivity contribution < 1.29 is 53.1 Å². The van der Waals surface area contributed by atoms with E-state index in [1.165, 1.54) is 26.4 Å². The number of allylic oxidation sites excluding steroid dienone is 1. The number of carbonyl (C=O) groups is 5. The molecule has 0 aliphatic carbocycles. The van der Waals surface area contributed by atoms with E-state index < -0.39 is 36.0 Å². The number of carboxylic acid groups (broad SMARTS) is 1. The smallest absolute Gasteiger partial charge is 0.336 e. The molecule has 1 unspecified atom stereocenters. The van der Waals surface area contributed by atoms with Crippen LogP contribution in [0.4, 0.5) is 0 Å². The van der Waals surface area contributed by atoms with Gasteiger partial charge in [0, 0.05) is 25.7 Å². The molecule has 2 aromatic carbocycles. The third-order valence-corrected chi connectivity index (χ3v) is 8.61. The number of benzene rings is 2. The van der Waals surface area contributed by atoms with Crippen molar-refractivity contribution in [1.29, 1.82) is 0 Å². The highest BCUT2D eigenvalue weighted by Crippen LogP contribution is 2.19. The molecule has 0 fully saturated rings. The van der Waals surface area contributed by atoms with Gasteiger partial charge in [-0.25, -0.2) is 9.59 Å². The summed E-state index contributed by atoms with van der Waals surface area (Å²) in [5.41, 5.74) is -0.407. The van der Waals surface area contributed by atoms with Crippen LogP contribution >= 0.6 is 0 Å². The first kappa shape index (κ1) is 49.0. The Labute approximate surface area is 332 Å². The van der Waals surface area contributed by atoms with E-state index in [9.17, 15) is 34.2 Å². The topological polar surface area (TPSA) is 175 Å². The van der Waals surface area contributed by atoms with Crippen LogP contribution in [0.5, 0.6) is 5.75 Å². The fourth-order valence-electron chi connectivity index (χ4n) is 5.33. The minimum absolute atomic E-state index is 0.185. The molecular formula is C44H61NO11. The van der Waals surface area contributed by atoms with Crippen molar-refractivity contribution in [3.63, 3.8) is 0 Å². The number of ketones is 1. The monoisotopic (exact) mass is 779 g/mol. The molecule has 3 N–H and O–H groups in total. The van der Waals surface area contributed by atoms with Crippen LogP contribution in [-0.2, 0) is 51.2 Å². The van der Waals surface area contributed by atoms with Crippen molar-refractivity contribution in [2.75, 3.05) is 20.5 Å². The SMILES string of the molecule is CC#CCOc1ccc(CC(NC=O)C(=O)OC)cc1.CCCCCCCC(=O)CCCCCC/C=C/C[C@@](O)(CC(=O)OCOCc1ccccc1)C(=O)O. The molecule has 56 heavy (non-hydrogen) atoms. The van der Waals surface area contributed by atoms with Crippen LogP contribution in [0.25, 0.3) is 0 Å². The van der Waals surface area contributed by atoms with Crippen LogP contribution in [0.2, 0.25) is 0 Å². The van der Waals surface area contributed by atoms with Crippen LogP contribution in [0.15, 0.2) is 66.7 Å². The van der Waals surface area contributed by atoms with Gasteiger partial charge in [-0.15, -0.1) is 5.92 Å². The Morgan fingerprint density at radius 3 is 2.14 bits per heavy atom. The molecule has 12 nitrogen and oxygen atoms in total. The van der Waals surface area contributed by atoms with Gasteiger partial charge in [0.15, 0.2) is 12.4 Å². The summed E-state index contributed by atoms with van der Waals surface area (Å²) in [5, 5.41) is 22.2. The van der Waals surface area contributed by atoms with Gasteiger partial charge in [-0.2, -0.15) is 0 Å². The second-order valence-electron chi connectivity index (χ2n) is 13.2. The number of hydrogen-bond donors (Lipinski definition) is 3. The summed E-state index contributed by atoms with van der Waals surface area (Å²) >= 11 is 0. The number of nitrogens with one attached hydrogen (secondary N) is 1. The molecule has 0 heterocycles. The Hall–Kier alpha value is -4.99. The van der Waals surface area contributed by atoms with Crippen molar-refractivity contribution in [2.24, 2.45) is 0 Å². The van der Waals surface area contributed by atoms with E-state index in [-0.39, 0.29) is 19.8 Å². The highest BCUT2D eigenvalue weighted by molar-refractivity contribution is 5.84. The number of carboxylic acids is 1. The molecule has 0 aliphatic rings. The molecule has 0 saturated heterocycles. The Balaban J connectivity index is 0.000000660. The largest absolute Gasteiger partial charge is 0.481 e. The van der Waals surface area contributed by atoms with Gasteiger partial charge in [0.1, 0.15) is 24.2 Å². The minimum atomic E-state index is -2.22. The van der Waals surface area contributed by atoms with Gasteiger partial charge in [0.2, 0.25) is 6.41 Å². The average Bonchev–Trinajstić information content (AvgIpc) is 3.19. The van der Waals surface area contributed by atoms with Crippen LogP contribution in [-0.4, -0.2) is 72.5 Å². The van der Waals surface area contributed by atoms with Gasteiger partial charge in [0.05, 0.1) is 20.1 Å². The zero-order valence-corrected chi connectivity index (χ0v) is 33.3. The fourth-order valence-corrected chi connectivity index (χ4v) is 5.33. The molecule has 2 atom stereocenters. The molecular weight excluding hydrogens is 718 g/mol. The van der Waals surface area contributed by atoms with Crippen LogP contribution < -0.4 is 10.1 Å². The number of amides is 1. The number of aliphatic carboxylic acids is 1. The first-order chi connectivity index (χ1) is 27.1. The van der Waals surface area contributed by atoms with E-state index in [1.807, 2.05) is 48.5 Å². The number of Topliss-reactive ketones (excluding diaryl/α,β-unsaturated/α-hetero) is 1. The number of aliphatic hydroxyl groups is 1. The number of ether oxygens (including phenoxy) is 4. The van der Waals surface area contributed by atoms with E-state index >= 15 is 0 Å². The normalized spacial score (nSPS) is 12.1. The summed E-state index contributed by atoms with van der Waals surface area (Å²) in [5.74, 6) is 3.83. The lowest BCUT2D eigenvalue weighted by molar-refractivity contribution is -0.173. The van der Waals surface area contributed by atoms with E-state index in [4.69, 9.17) is 14.2 Å². The van der Waals surface area contributed by atoms with Gasteiger partial charge < -0.3 is 34.5 Å². The van der Waals surface area contributed by atoms with Crippen LogP contribution in [0, 0.1) is 11.8 Å².